The SMILES string of the molecule is CC(C)(C)c1nc(-c2cc3ccccc3o2)[nH]c(=O)c1Br. The highest BCUT2D eigenvalue weighted by molar-refractivity contribution is 9.10. The normalized spacial score (nSPS) is 12.0. The van der Waals surface area contributed by atoms with Gasteiger partial charge in [-0.15, -0.1) is 0 Å². The molecule has 0 saturated carbocycles. The average molecular weight is 347 g/mol. The number of nitrogens with one attached hydrogen (secondary N) is 1. The van der Waals surface area contributed by atoms with Gasteiger partial charge in [-0.2, -0.15) is 0 Å². The molecule has 3 rings (SSSR count). The Morgan fingerprint density at radius 3 is 2.62 bits per heavy atom. The molecule has 1 aromatic carbocycles. The summed E-state index contributed by atoms with van der Waals surface area (Å²) in [5, 5.41) is 0.982. The van der Waals surface area contributed by atoms with Crippen LogP contribution in [0, 0.1) is 0 Å². The minimum absolute atomic E-state index is 0.203. The zero-order valence-electron chi connectivity index (χ0n) is 12.0. The quantitative estimate of drug-likeness (QED) is 0.716. The van der Waals surface area contributed by atoms with Crippen LogP contribution in [0.4, 0.5) is 0 Å². The van der Waals surface area contributed by atoms with E-state index < -0.39 is 0 Å². The van der Waals surface area contributed by atoms with Crippen LogP contribution in [0.3, 0.4) is 0 Å². The highest BCUT2D eigenvalue weighted by Crippen LogP contribution is 2.29. The van der Waals surface area contributed by atoms with Gasteiger partial charge in [0.15, 0.2) is 11.6 Å². The minimum Gasteiger partial charge on any atom is -0.453 e. The first-order valence-corrected chi connectivity index (χ1v) is 7.45. The first-order chi connectivity index (χ1) is 9.86. The zero-order chi connectivity index (χ0) is 15.2. The largest absolute Gasteiger partial charge is 0.453 e. The maximum Gasteiger partial charge on any atom is 0.265 e. The molecule has 1 N–H and O–H groups in total. The summed E-state index contributed by atoms with van der Waals surface area (Å²) >= 11 is 3.32. The van der Waals surface area contributed by atoms with Crippen LogP contribution in [-0.4, -0.2) is 9.97 Å². The molecule has 0 aliphatic carbocycles. The fraction of sp³-hybridized carbons (Fsp3) is 0.250. The van der Waals surface area contributed by atoms with E-state index in [0.717, 1.165) is 11.0 Å². The van der Waals surface area contributed by atoms with E-state index in [2.05, 4.69) is 25.9 Å². The molecule has 0 radical (unpaired) electrons. The average Bonchev–Trinajstić information content (AvgIpc) is 2.84. The number of para-hydroxylation sites is 1. The van der Waals surface area contributed by atoms with Crippen LogP contribution < -0.4 is 5.56 Å². The number of nitrogens with zero attached hydrogens (tertiary/aromatic N) is 1. The van der Waals surface area contributed by atoms with Crippen molar-refractivity contribution in [3.63, 3.8) is 0 Å². The second kappa shape index (κ2) is 4.84. The third-order valence-electron chi connectivity index (χ3n) is 3.23. The van der Waals surface area contributed by atoms with Gasteiger partial charge in [0, 0.05) is 10.8 Å². The summed E-state index contributed by atoms with van der Waals surface area (Å²) in [7, 11) is 0. The highest BCUT2D eigenvalue weighted by atomic mass is 79.9. The number of benzene rings is 1. The molecule has 4 nitrogen and oxygen atoms in total. The first-order valence-electron chi connectivity index (χ1n) is 6.65. The lowest BCUT2D eigenvalue weighted by atomic mass is 9.92. The number of furan rings is 1. The Kier molecular flexibility index (Phi) is 3.24. The van der Waals surface area contributed by atoms with E-state index in [9.17, 15) is 4.79 Å². The van der Waals surface area contributed by atoms with Crippen molar-refractivity contribution in [3.05, 3.63) is 50.9 Å². The smallest absolute Gasteiger partial charge is 0.265 e. The summed E-state index contributed by atoms with van der Waals surface area (Å²) < 4.78 is 6.24. The van der Waals surface area contributed by atoms with E-state index in [4.69, 9.17) is 4.42 Å². The number of rotatable bonds is 1. The fourth-order valence-electron chi connectivity index (χ4n) is 2.17. The van der Waals surface area contributed by atoms with Gasteiger partial charge >= 0.3 is 0 Å². The van der Waals surface area contributed by atoms with E-state index in [0.29, 0.717) is 21.8 Å². The van der Waals surface area contributed by atoms with Crippen LogP contribution in [0.2, 0.25) is 0 Å². The standard InChI is InChI=1S/C16H15BrN2O2/c1-16(2,3)13-12(17)15(20)19-14(18-13)11-8-9-6-4-5-7-10(9)21-11/h4-8H,1-3H3,(H,18,19,20). The number of hydrogen-bond donors (Lipinski definition) is 1. The molecule has 0 bridgehead atoms. The molecule has 0 fully saturated rings. The van der Waals surface area contributed by atoms with Crippen molar-refractivity contribution in [2.24, 2.45) is 0 Å². The van der Waals surface area contributed by atoms with E-state index in [1.165, 1.54) is 0 Å². The van der Waals surface area contributed by atoms with E-state index in [1.807, 2.05) is 51.1 Å². The van der Waals surface area contributed by atoms with Gasteiger partial charge in [0.2, 0.25) is 0 Å². The molecule has 0 unspecified atom stereocenters. The molecular weight excluding hydrogens is 332 g/mol. The lowest BCUT2D eigenvalue weighted by Gasteiger charge is -2.19. The predicted octanol–water partition coefficient (Wildman–Crippen LogP) is 4.24. The van der Waals surface area contributed by atoms with Crippen LogP contribution >= 0.6 is 15.9 Å². The monoisotopic (exact) mass is 346 g/mol. The molecule has 21 heavy (non-hydrogen) atoms. The number of aromatic nitrogens is 2. The van der Waals surface area contributed by atoms with Crippen LogP contribution in [-0.2, 0) is 5.41 Å². The molecule has 0 atom stereocenters. The van der Waals surface area contributed by atoms with Crippen molar-refractivity contribution < 1.29 is 4.42 Å². The second-order valence-electron chi connectivity index (χ2n) is 5.98. The Balaban J connectivity index is 2.23. The van der Waals surface area contributed by atoms with E-state index in [-0.39, 0.29) is 11.0 Å². The number of fused-ring (bicyclic) bond motifs is 1. The topological polar surface area (TPSA) is 58.9 Å². The number of halogens is 1. The summed E-state index contributed by atoms with van der Waals surface area (Å²) in [6, 6.07) is 9.59. The molecule has 3 aromatic rings. The van der Waals surface area contributed by atoms with Crippen molar-refractivity contribution in [3.8, 4) is 11.6 Å². The third kappa shape index (κ3) is 2.53. The molecule has 2 aromatic heterocycles. The fourth-order valence-corrected chi connectivity index (χ4v) is 2.95. The van der Waals surface area contributed by atoms with Gasteiger partial charge < -0.3 is 9.40 Å². The van der Waals surface area contributed by atoms with Gasteiger partial charge in [0.05, 0.1) is 5.69 Å². The van der Waals surface area contributed by atoms with E-state index in [1.54, 1.807) is 0 Å². The van der Waals surface area contributed by atoms with Gasteiger partial charge in [-0.3, -0.25) is 4.79 Å². The van der Waals surface area contributed by atoms with Crippen molar-refractivity contribution in [2.75, 3.05) is 0 Å². The van der Waals surface area contributed by atoms with Gasteiger partial charge in [0.1, 0.15) is 10.1 Å². The Morgan fingerprint density at radius 1 is 1.24 bits per heavy atom. The van der Waals surface area contributed by atoms with Crippen LogP contribution in [0.25, 0.3) is 22.6 Å². The second-order valence-corrected chi connectivity index (χ2v) is 6.77. The number of aromatic amines is 1. The zero-order valence-corrected chi connectivity index (χ0v) is 13.6. The van der Waals surface area contributed by atoms with Crippen LogP contribution in [0.15, 0.2) is 44.0 Å². The molecule has 108 valence electrons. The van der Waals surface area contributed by atoms with Crippen molar-refractivity contribution in [2.45, 2.75) is 26.2 Å². The predicted molar refractivity (Wildman–Crippen MR) is 86.5 cm³/mol. The Labute approximate surface area is 130 Å². The molecule has 0 aliphatic rings. The third-order valence-corrected chi connectivity index (χ3v) is 3.97. The molecule has 0 amide bonds. The van der Waals surface area contributed by atoms with E-state index >= 15 is 0 Å². The Hall–Kier alpha value is -1.88. The lowest BCUT2D eigenvalue weighted by Crippen LogP contribution is -2.22. The number of H-pyrrole nitrogens is 1. The lowest BCUT2D eigenvalue weighted by molar-refractivity contribution is 0.558. The summed E-state index contributed by atoms with van der Waals surface area (Å²) in [4.78, 5) is 19.4. The summed E-state index contributed by atoms with van der Waals surface area (Å²) in [5.74, 6) is 1.01. The molecular formula is C16H15BrN2O2. The van der Waals surface area contributed by atoms with Gasteiger partial charge in [0.25, 0.3) is 5.56 Å². The molecule has 0 spiro atoms. The molecule has 5 heteroatoms. The molecule has 0 saturated heterocycles. The van der Waals surface area contributed by atoms with Crippen LogP contribution in [0.1, 0.15) is 26.5 Å². The Morgan fingerprint density at radius 2 is 1.95 bits per heavy atom. The maximum atomic E-state index is 12.1. The maximum absolute atomic E-state index is 12.1. The Bertz CT molecular complexity index is 839. The molecule has 0 aliphatic heterocycles. The van der Waals surface area contributed by atoms with Gasteiger partial charge in [-0.25, -0.2) is 4.98 Å². The van der Waals surface area contributed by atoms with Crippen LogP contribution in [0.5, 0.6) is 0 Å². The number of hydrogen-bond acceptors (Lipinski definition) is 3. The summed E-state index contributed by atoms with van der Waals surface area (Å²) in [6.07, 6.45) is 0. The minimum atomic E-state index is -0.242. The first kappa shape index (κ1) is 14.1. The summed E-state index contributed by atoms with van der Waals surface area (Å²) in [6.45, 7) is 6.05. The van der Waals surface area contributed by atoms with Crippen molar-refractivity contribution >= 4 is 26.9 Å². The van der Waals surface area contributed by atoms with Crippen molar-refractivity contribution in [1.29, 1.82) is 0 Å². The molecule has 2 heterocycles. The highest BCUT2D eigenvalue weighted by Gasteiger charge is 2.23. The summed E-state index contributed by atoms with van der Waals surface area (Å²) in [5.41, 5.74) is 1.04. The van der Waals surface area contributed by atoms with Gasteiger partial charge in [-0.05, 0) is 28.1 Å². The van der Waals surface area contributed by atoms with Gasteiger partial charge in [-0.1, -0.05) is 39.0 Å². The van der Waals surface area contributed by atoms with Crippen molar-refractivity contribution in [1.82, 2.24) is 9.97 Å².